The van der Waals surface area contributed by atoms with Crippen molar-refractivity contribution in [3.63, 3.8) is 0 Å². The number of aromatic nitrogens is 1. The number of hydrogen-bond acceptors (Lipinski definition) is 4. The Kier molecular flexibility index (Phi) is 4.79. The number of thioether (sulfide) groups is 1. The molecule has 0 aliphatic heterocycles. The Labute approximate surface area is 98.0 Å². The molecule has 0 fully saturated rings. The van der Waals surface area contributed by atoms with Crippen molar-refractivity contribution < 1.29 is 8.78 Å². The molecule has 0 aliphatic carbocycles. The largest absolute Gasteiger partial charge is 0.371 e. The van der Waals surface area contributed by atoms with Crippen LogP contribution in [0, 0.1) is 11.6 Å². The van der Waals surface area contributed by atoms with E-state index in [-0.39, 0.29) is 17.7 Å². The number of nitrogens with one attached hydrogen (secondary N) is 2. The van der Waals surface area contributed by atoms with Crippen LogP contribution in [0.2, 0.25) is 0 Å². The van der Waals surface area contributed by atoms with Gasteiger partial charge in [-0.05, 0) is 13.2 Å². The van der Waals surface area contributed by atoms with Crippen molar-refractivity contribution in [3.8, 4) is 0 Å². The zero-order valence-electron chi connectivity index (χ0n) is 9.47. The van der Waals surface area contributed by atoms with Crippen LogP contribution < -0.4 is 10.6 Å². The molecule has 2 N–H and O–H groups in total. The van der Waals surface area contributed by atoms with Gasteiger partial charge in [-0.25, -0.2) is 13.8 Å². The van der Waals surface area contributed by atoms with Crippen LogP contribution >= 0.6 is 11.8 Å². The molecule has 0 bridgehead atoms. The van der Waals surface area contributed by atoms with Crippen molar-refractivity contribution >= 4 is 23.4 Å². The Balaban J connectivity index is 2.87. The smallest absolute Gasteiger partial charge is 0.168 e. The van der Waals surface area contributed by atoms with Gasteiger partial charge in [0.2, 0.25) is 0 Å². The quantitative estimate of drug-likeness (QED) is 0.838. The van der Waals surface area contributed by atoms with E-state index in [1.807, 2.05) is 13.2 Å². The SMILES string of the molecule is CNc1nc(NC(C)CSC)c(F)cc1F. The van der Waals surface area contributed by atoms with E-state index in [0.29, 0.717) is 0 Å². The Morgan fingerprint density at radius 3 is 2.56 bits per heavy atom. The maximum absolute atomic E-state index is 13.4. The Hall–Kier alpha value is -1.04. The van der Waals surface area contributed by atoms with E-state index < -0.39 is 11.6 Å². The molecule has 1 aromatic heterocycles. The van der Waals surface area contributed by atoms with E-state index in [1.165, 1.54) is 0 Å². The van der Waals surface area contributed by atoms with Crippen molar-refractivity contribution in [2.45, 2.75) is 13.0 Å². The fraction of sp³-hybridized carbons (Fsp3) is 0.500. The molecular weight excluding hydrogens is 232 g/mol. The summed E-state index contributed by atoms with van der Waals surface area (Å²) in [6, 6.07) is 0.902. The number of anilines is 2. The fourth-order valence-corrected chi connectivity index (χ4v) is 1.85. The van der Waals surface area contributed by atoms with Crippen molar-refractivity contribution in [1.29, 1.82) is 0 Å². The topological polar surface area (TPSA) is 37.0 Å². The summed E-state index contributed by atoms with van der Waals surface area (Å²) in [4.78, 5) is 3.83. The van der Waals surface area contributed by atoms with Crippen LogP contribution in [0.5, 0.6) is 0 Å². The average molecular weight is 247 g/mol. The van der Waals surface area contributed by atoms with Gasteiger partial charge in [-0.15, -0.1) is 0 Å². The Morgan fingerprint density at radius 2 is 2.00 bits per heavy atom. The first-order valence-corrected chi connectivity index (χ1v) is 6.27. The second-order valence-electron chi connectivity index (χ2n) is 3.40. The van der Waals surface area contributed by atoms with Crippen molar-refractivity contribution in [2.75, 3.05) is 29.7 Å². The monoisotopic (exact) mass is 247 g/mol. The summed E-state index contributed by atoms with van der Waals surface area (Å²) < 4.78 is 26.5. The second kappa shape index (κ2) is 5.89. The van der Waals surface area contributed by atoms with Gasteiger partial charge in [0.1, 0.15) is 0 Å². The predicted molar refractivity (Wildman–Crippen MR) is 65.2 cm³/mol. The standard InChI is InChI=1S/C10H15F2N3S/c1-6(5-16-3)14-10-8(12)4-7(11)9(13-2)15-10/h4,6H,5H2,1-3H3,(H2,13,14,15). The van der Waals surface area contributed by atoms with Gasteiger partial charge in [0.25, 0.3) is 0 Å². The lowest BCUT2D eigenvalue weighted by atomic mass is 10.3. The average Bonchev–Trinajstić information content (AvgIpc) is 2.22. The molecule has 1 atom stereocenters. The van der Waals surface area contributed by atoms with Crippen LogP contribution in [-0.2, 0) is 0 Å². The molecule has 1 rings (SSSR count). The number of rotatable bonds is 5. The van der Waals surface area contributed by atoms with Gasteiger partial charge in [-0.2, -0.15) is 11.8 Å². The van der Waals surface area contributed by atoms with Crippen LogP contribution in [0.25, 0.3) is 0 Å². The van der Waals surface area contributed by atoms with Gasteiger partial charge in [-0.3, -0.25) is 0 Å². The van der Waals surface area contributed by atoms with Crippen molar-refractivity contribution in [2.24, 2.45) is 0 Å². The summed E-state index contributed by atoms with van der Waals surface area (Å²) in [5, 5.41) is 5.47. The molecule has 90 valence electrons. The highest BCUT2D eigenvalue weighted by Gasteiger charge is 2.12. The van der Waals surface area contributed by atoms with Gasteiger partial charge >= 0.3 is 0 Å². The third kappa shape index (κ3) is 3.23. The van der Waals surface area contributed by atoms with Gasteiger partial charge in [0.05, 0.1) is 0 Å². The lowest BCUT2D eigenvalue weighted by molar-refractivity contribution is 0.577. The van der Waals surface area contributed by atoms with E-state index in [1.54, 1.807) is 18.8 Å². The summed E-state index contributed by atoms with van der Waals surface area (Å²) in [5.41, 5.74) is 0. The third-order valence-electron chi connectivity index (χ3n) is 1.97. The van der Waals surface area contributed by atoms with E-state index in [4.69, 9.17) is 0 Å². The summed E-state index contributed by atoms with van der Waals surface area (Å²) in [6.07, 6.45) is 1.96. The summed E-state index contributed by atoms with van der Waals surface area (Å²) in [6.45, 7) is 1.92. The third-order valence-corrected chi connectivity index (χ3v) is 2.80. The Bertz CT molecular complexity index is 360. The molecule has 0 radical (unpaired) electrons. The van der Waals surface area contributed by atoms with Crippen LogP contribution in [0.15, 0.2) is 6.07 Å². The molecule has 0 aliphatic rings. The maximum atomic E-state index is 13.4. The summed E-state index contributed by atoms with van der Waals surface area (Å²) in [5.74, 6) is -0.423. The first kappa shape index (κ1) is 13.0. The molecule has 0 amide bonds. The zero-order valence-corrected chi connectivity index (χ0v) is 10.3. The zero-order chi connectivity index (χ0) is 12.1. The highest BCUT2D eigenvalue weighted by atomic mass is 32.2. The fourth-order valence-electron chi connectivity index (χ4n) is 1.27. The van der Waals surface area contributed by atoms with Crippen LogP contribution in [0.4, 0.5) is 20.4 Å². The molecule has 16 heavy (non-hydrogen) atoms. The number of pyridine rings is 1. The normalized spacial score (nSPS) is 12.3. The number of hydrogen-bond donors (Lipinski definition) is 2. The predicted octanol–water partition coefficient (Wildman–Crippen LogP) is 2.56. The summed E-state index contributed by atoms with van der Waals surface area (Å²) in [7, 11) is 1.54. The minimum absolute atomic E-state index is 0.0419. The van der Waals surface area contributed by atoms with Crippen LogP contribution in [-0.4, -0.2) is 30.1 Å². The van der Waals surface area contributed by atoms with Gasteiger partial charge in [0.15, 0.2) is 23.3 Å². The van der Waals surface area contributed by atoms with E-state index >= 15 is 0 Å². The second-order valence-corrected chi connectivity index (χ2v) is 4.31. The Morgan fingerprint density at radius 1 is 1.38 bits per heavy atom. The molecule has 1 unspecified atom stereocenters. The highest BCUT2D eigenvalue weighted by molar-refractivity contribution is 7.98. The molecule has 0 aromatic carbocycles. The first-order valence-electron chi connectivity index (χ1n) is 4.87. The van der Waals surface area contributed by atoms with Gasteiger partial charge in [-0.1, -0.05) is 0 Å². The summed E-state index contributed by atoms with van der Waals surface area (Å²) >= 11 is 1.65. The first-order chi connectivity index (χ1) is 7.58. The molecule has 3 nitrogen and oxygen atoms in total. The number of nitrogens with zero attached hydrogens (tertiary/aromatic N) is 1. The van der Waals surface area contributed by atoms with Crippen molar-refractivity contribution in [3.05, 3.63) is 17.7 Å². The minimum atomic E-state index is -0.692. The molecule has 0 saturated carbocycles. The molecule has 1 heterocycles. The maximum Gasteiger partial charge on any atom is 0.168 e. The molecule has 0 spiro atoms. The lowest BCUT2D eigenvalue weighted by Crippen LogP contribution is -2.20. The van der Waals surface area contributed by atoms with Crippen molar-refractivity contribution in [1.82, 2.24) is 4.98 Å². The lowest BCUT2D eigenvalue weighted by Gasteiger charge is -2.14. The van der Waals surface area contributed by atoms with Gasteiger partial charge in [0, 0.05) is 24.9 Å². The van der Waals surface area contributed by atoms with E-state index in [9.17, 15) is 8.78 Å². The van der Waals surface area contributed by atoms with E-state index in [2.05, 4.69) is 15.6 Å². The molecule has 1 aromatic rings. The minimum Gasteiger partial charge on any atom is -0.371 e. The molecule has 6 heteroatoms. The van der Waals surface area contributed by atoms with E-state index in [0.717, 1.165) is 11.8 Å². The number of halogens is 2. The molecular formula is C10H15F2N3S. The molecule has 0 saturated heterocycles. The van der Waals surface area contributed by atoms with Gasteiger partial charge < -0.3 is 10.6 Å². The van der Waals surface area contributed by atoms with Crippen LogP contribution in [0.1, 0.15) is 6.92 Å². The van der Waals surface area contributed by atoms with Crippen LogP contribution in [0.3, 0.4) is 0 Å². The highest BCUT2D eigenvalue weighted by Crippen LogP contribution is 2.19.